The van der Waals surface area contributed by atoms with Crippen LogP contribution in [0.25, 0.3) is 10.9 Å². The fraction of sp³-hybridized carbons (Fsp3) is 0.357. The molecule has 20 heavy (non-hydrogen) atoms. The van der Waals surface area contributed by atoms with Crippen LogP contribution in [0.4, 0.5) is 5.69 Å². The summed E-state index contributed by atoms with van der Waals surface area (Å²) in [6.07, 6.45) is 3.53. The van der Waals surface area contributed by atoms with E-state index in [1.54, 1.807) is 18.2 Å². The van der Waals surface area contributed by atoms with Crippen LogP contribution in [0.5, 0.6) is 0 Å². The maximum Gasteiger partial charge on any atom is 0.258 e. The number of carbonyl (C=O) groups is 1. The summed E-state index contributed by atoms with van der Waals surface area (Å²) in [6, 6.07) is 5.04. The molecule has 0 bridgehead atoms. The SMILES string of the molecule is O=CN(CC(O)C1CC1)c1ccc2nc[nH]c(=O)c2c1. The summed E-state index contributed by atoms with van der Waals surface area (Å²) >= 11 is 0. The molecule has 0 saturated heterocycles. The van der Waals surface area contributed by atoms with Crippen LogP contribution in [0, 0.1) is 5.92 Å². The zero-order chi connectivity index (χ0) is 14.1. The normalized spacial score (nSPS) is 16.1. The first kappa shape index (κ1) is 12.8. The van der Waals surface area contributed by atoms with E-state index in [0.717, 1.165) is 12.8 Å². The Balaban J connectivity index is 1.92. The third kappa shape index (κ3) is 2.42. The molecule has 1 atom stereocenters. The summed E-state index contributed by atoms with van der Waals surface area (Å²) in [5.41, 5.74) is 0.919. The van der Waals surface area contributed by atoms with Crippen LogP contribution in [0.15, 0.2) is 29.3 Å². The highest BCUT2D eigenvalue weighted by molar-refractivity contribution is 5.85. The standard InChI is InChI=1S/C14H15N3O3/c18-8-17(6-13(19)9-1-2-9)10-3-4-12-11(5-10)14(20)16-7-15-12/h3-5,7-9,13,19H,1-2,6H2,(H,15,16,20). The summed E-state index contributed by atoms with van der Waals surface area (Å²) in [6.45, 7) is 0.248. The lowest BCUT2D eigenvalue weighted by Crippen LogP contribution is -2.32. The van der Waals surface area contributed by atoms with Crippen LogP contribution < -0.4 is 10.5 Å². The topological polar surface area (TPSA) is 86.3 Å². The van der Waals surface area contributed by atoms with Gasteiger partial charge >= 0.3 is 0 Å². The predicted octanol–water partition coefficient (Wildman–Crippen LogP) is 0.657. The Morgan fingerprint density at radius 2 is 2.30 bits per heavy atom. The zero-order valence-electron chi connectivity index (χ0n) is 10.8. The molecule has 0 radical (unpaired) electrons. The van der Waals surface area contributed by atoms with Gasteiger partial charge < -0.3 is 15.0 Å². The molecule has 1 heterocycles. The number of rotatable bonds is 5. The van der Waals surface area contributed by atoms with Gasteiger partial charge in [0.15, 0.2) is 0 Å². The van der Waals surface area contributed by atoms with Crippen molar-refractivity contribution in [2.75, 3.05) is 11.4 Å². The van der Waals surface area contributed by atoms with Crippen LogP contribution >= 0.6 is 0 Å². The molecule has 1 aliphatic carbocycles. The van der Waals surface area contributed by atoms with Crippen molar-refractivity contribution in [3.8, 4) is 0 Å². The number of hydrogen-bond acceptors (Lipinski definition) is 4. The number of amides is 1. The lowest BCUT2D eigenvalue weighted by Gasteiger charge is -2.21. The highest BCUT2D eigenvalue weighted by atomic mass is 16.3. The van der Waals surface area contributed by atoms with Crippen molar-refractivity contribution in [3.05, 3.63) is 34.9 Å². The molecule has 0 aliphatic heterocycles. The van der Waals surface area contributed by atoms with E-state index in [-0.39, 0.29) is 12.1 Å². The van der Waals surface area contributed by atoms with E-state index in [0.29, 0.717) is 28.9 Å². The minimum absolute atomic E-state index is 0.245. The lowest BCUT2D eigenvalue weighted by molar-refractivity contribution is -0.107. The first-order valence-corrected chi connectivity index (χ1v) is 6.56. The number of aliphatic hydroxyl groups excluding tert-OH is 1. The summed E-state index contributed by atoms with van der Waals surface area (Å²) in [4.78, 5) is 30.9. The number of fused-ring (bicyclic) bond motifs is 1. The van der Waals surface area contributed by atoms with E-state index in [1.807, 2.05) is 0 Å². The van der Waals surface area contributed by atoms with Crippen molar-refractivity contribution >= 4 is 23.0 Å². The van der Waals surface area contributed by atoms with E-state index in [4.69, 9.17) is 0 Å². The lowest BCUT2D eigenvalue weighted by atomic mass is 10.2. The molecule has 1 aliphatic rings. The van der Waals surface area contributed by atoms with Crippen LogP contribution in [-0.4, -0.2) is 34.1 Å². The Bertz CT molecular complexity index is 693. The fourth-order valence-corrected chi connectivity index (χ4v) is 2.28. The summed E-state index contributed by atoms with van der Waals surface area (Å²) in [5, 5.41) is 10.4. The first-order chi connectivity index (χ1) is 9.69. The Morgan fingerprint density at radius 3 is 3.00 bits per heavy atom. The van der Waals surface area contributed by atoms with Crippen LogP contribution in [0.3, 0.4) is 0 Å². The molecular weight excluding hydrogens is 258 g/mol. The largest absolute Gasteiger partial charge is 0.391 e. The Morgan fingerprint density at radius 1 is 1.50 bits per heavy atom. The van der Waals surface area contributed by atoms with Gasteiger partial charge in [-0.1, -0.05) is 0 Å². The molecule has 2 aromatic rings. The third-order valence-corrected chi connectivity index (χ3v) is 3.63. The van der Waals surface area contributed by atoms with Gasteiger partial charge in [0.25, 0.3) is 5.56 Å². The second-order valence-corrected chi connectivity index (χ2v) is 5.10. The number of nitrogens with zero attached hydrogens (tertiary/aromatic N) is 2. The zero-order valence-corrected chi connectivity index (χ0v) is 10.8. The Labute approximate surface area is 115 Å². The van der Waals surface area contributed by atoms with Gasteiger partial charge in [-0.2, -0.15) is 0 Å². The van der Waals surface area contributed by atoms with Crippen LogP contribution in [0.1, 0.15) is 12.8 Å². The van der Waals surface area contributed by atoms with Crippen LogP contribution in [-0.2, 0) is 4.79 Å². The molecule has 1 unspecified atom stereocenters. The number of aliphatic hydroxyl groups is 1. The quantitative estimate of drug-likeness (QED) is 0.783. The van der Waals surface area contributed by atoms with E-state index in [9.17, 15) is 14.7 Å². The summed E-state index contributed by atoms with van der Waals surface area (Å²) in [7, 11) is 0. The van der Waals surface area contributed by atoms with Gasteiger partial charge in [0.2, 0.25) is 6.41 Å². The molecule has 1 saturated carbocycles. The van der Waals surface area contributed by atoms with Crippen molar-refractivity contribution in [3.63, 3.8) is 0 Å². The fourth-order valence-electron chi connectivity index (χ4n) is 2.28. The second-order valence-electron chi connectivity index (χ2n) is 5.10. The van der Waals surface area contributed by atoms with Crippen molar-refractivity contribution in [1.82, 2.24) is 9.97 Å². The molecule has 6 nitrogen and oxygen atoms in total. The molecule has 6 heteroatoms. The van der Waals surface area contributed by atoms with Gasteiger partial charge in [0.05, 0.1) is 29.9 Å². The minimum Gasteiger partial charge on any atom is -0.391 e. The summed E-state index contributed by atoms with van der Waals surface area (Å²) < 4.78 is 0. The first-order valence-electron chi connectivity index (χ1n) is 6.56. The number of anilines is 1. The number of hydrogen-bond donors (Lipinski definition) is 2. The molecular formula is C14H15N3O3. The van der Waals surface area contributed by atoms with Crippen molar-refractivity contribution in [2.45, 2.75) is 18.9 Å². The summed E-state index contributed by atoms with van der Waals surface area (Å²) in [5.74, 6) is 0.294. The maximum absolute atomic E-state index is 11.7. The molecule has 2 N–H and O–H groups in total. The van der Waals surface area contributed by atoms with Crippen molar-refractivity contribution in [1.29, 1.82) is 0 Å². The van der Waals surface area contributed by atoms with E-state index < -0.39 is 6.10 Å². The van der Waals surface area contributed by atoms with Crippen LogP contribution in [0.2, 0.25) is 0 Å². The number of aromatic nitrogens is 2. The average molecular weight is 273 g/mol. The van der Waals surface area contributed by atoms with Gasteiger partial charge in [-0.3, -0.25) is 9.59 Å². The smallest absolute Gasteiger partial charge is 0.258 e. The highest BCUT2D eigenvalue weighted by Crippen LogP contribution is 2.33. The number of carbonyl (C=O) groups excluding carboxylic acids is 1. The van der Waals surface area contributed by atoms with E-state index in [1.165, 1.54) is 11.2 Å². The number of benzene rings is 1. The molecule has 104 valence electrons. The molecule has 1 aromatic carbocycles. The number of H-pyrrole nitrogens is 1. The third-order valence-electron chi connectivity index (χ3n) is 3.63. The Kier molecular flexibility index (Phi) is 3.23. The maximum atomic E-state index is 11.7. The Hall–Kier alpha value is -2.21. The predicted molar refractivity (Wildman–Crippen MR) is 74.5 cm³/mol. The van der Waals surface area contributed by atoms with Gasteiger partial charge in [0.1, 0.15) is 0 Å². The molecule has 1 fully saturated rings. The minimum atomic E-state index is -0.511. The molecule has 1 aromatic heterocycles. The van der Waals surface area contributed by atoms with Gasteiger partial charge in [0, 0.05) is 5.69 Å². The number of aromatic amines is 1. The van der Waals surface area contributed by atoms with Gasteiger partial charge in [-0.05, 0) is 37.0 Å². The van der Waals surface area contributed by atoms with E-state index >= 15 is 0 Å². The van der Waals surface area contributed by atoms with Crippen molar-refractivity contribution in [2.24, 2.45) is 5.92 Å². The molecule has 3 rings (SSSR count). The average Bonchev–Trinajstić information content (AvgIpc) is 3.29. The second kappa shape index (κ2) is 5.05. The monoisotopic (exact) mass is 273 g/mol. The number of nitrogens with one attached hydrogen (secondary N) is 1. The van der Waals surface area contributed by atoms with Gasteiger partial charge in [-0.25, -0.2) is 4.98 Å². The van der Waals surface area contributed by atoms with Crippen molar-refractivity contribution < 1.29 is 9.90 Å². The molecule has 1 amide bonds. The van der Waals surface area contributed by atoms with Gasteiger partial charge in [-0.15, -0.1) is 0 Å². The highest BCUT2D eigenvalue weighted by Gasteiger charge is 2.31. The molecule has 0 spiro atoms. The van der Waals surface area contributed by atoms with E-state index in [2.05, 4.69) is 9.97 Å².